The van der Waals surface area contributed by atoms with Crippen molar-refractivity contribution < 1.29 is 4.52 Å². The molecule has 6 nitrogen and oxygen atoms in total. The maximum absolute atomic E-state index is 5.12. The van der Waals surface area contributed by atoms with Gasteiger partial charge in [-0.2, -0.15) is 4.98 Å². The Balaban J connectivity index is 1.82. The first-order valence-electron chi connectivity index (χ1n) is 6.04. The number of fused-ring (bicyclic) bond motifs is 1. The van der Waals surface area contributed by atoms with Gasteiger partial charge in [-0.3, -0.25) is 0 Å². The van der Waals surface area contributed by atoms with Crippen molar-refractivity contribution >= 4 is 16.9 Å². The molecular formula is C12H15N5O. The quantitative estimate of drug-likeness (QED) is 0.793. The second-order valence-electron chi connectivity index (χ2n) is 4.34. The lowest BCUT2D eigenvalue weighted by Gasteiger charge is -2.14. The van der Waals surface area contributed by atoms with E-state index in [1.807, 2.05) is 6.92 Å². The van der Waals surface area contributed by atoms with Crippen molar-refractivity contribution in [2.45, 2.75) is 13.3 Å². The van der Waals surface area contributed by atoms with Crippen LogP contribution in [-0.2, 0) is 0 Å². The zero-order valence-electron chi connectivity index (χ0n) is 10.2. The van der Waals surface area contributed by atoms with Crippen LogP contribution in [0.25, 0.3) is 11.1 Å². The number of hydrogen-bond acceptors (Lipinski definition) is 6. The molecule has 94 valence electrons. The fraction of sp³-hybridized carbons (Fsp3) is 0.417. The summed E-state index contributed by atoms with van der Waals surface area (Å²) in [6, 6.07) is 0. The summed E-state index contributed by atoms with van der Waals surface area (Å²) in [7, 11) is 0. The van der Waals surface area contributed by atoms with Crippen LogP contribution in [0.2, 0.25) is 0 Å². The average molecular weight is 245 g/mol. The lowest BCUT2D eigenvalue weighted by atomic mass is 10.1. The van der Waals surface area contributed by atoms with Crippen molar-refractivity contribution in [3.8, 4) is 0 Å². The summed E-state index contributed by atoms with van der Waals surface area (Å²) in [5.74, 6) is 0.790. The number of anilines is 1. The van der Waals surface area contributed by atoms with Crippen molar-refractivity contribution in [2.24, 2.45) is 0 Å². The molecule has 0 unspecified atom stereocenters. The van der Waals surface area contributed by atoms with Crippen molar-refractivity contribution in [2.75, 3.05) is 25.0 Å². The minimum Gasteiger partial charge on any atom is -0.366 e. The van der Waals surface area contributed by atoms with Gasteiger partial charge in [0.2, 0.25) is 0 Å². The van der Waals surface area contributed by atoms with Crippen LogP contribution in [-0.4, -0.2) is 34.8 Å². The topological polar surface area (TPSA) is 75.9 Å². The van der Waals surface area contributed by atoms with Crippen molar-refractivity contribution in [3.05, 3.63) is 23.7 Å². The molecule has 0 bridgehead atoms. The number of aryl methyl sites for hydroxylation is 1. The monoisotopic (exact) mass is 245 g/mol. The minimum absolute atomic E-state index is 0.532. The summed E-state index contributed by atoms with van der Waals surface area (Å²) in [6.07, 6.45) is 4.78. The molecule has 0 radical (unpaired) electrons. The van der Waals surface area contributed by atoms with Crippen molar-refractivity contribution in [3.63, 3.8) is 0 Å². The highest BCUT2D eigenvalue weighted by Crippen LogP contribution is 2.22. The normalized spacial score (nSPS) is 15.7. The van der Waals surface area contributed by atoms with E-state index in [0.717, 1.165) is 43.0 Å². The van der Waals surface area contributed by atoms with E-state index in [0.29, 0.717) is 5.71 Å². The van der Waals surface area contributed by atoms with Gasteiger partial charge in [0.1, 0.15) is 17.5 Å². The van der Waals surface area contributed by atoms with Crippen LogP contribution in [0.15, 0.2) is 22.5 Å². The Morgan fingerprint density at radius 1 is 1.44 bits per heavy atom. The van der Waals surface area contributed by atoms with Crippen LogP contribution >= 0.6 is 0 Å². The van der Waals surface area contributed by atoms with Crippen LogP contribution in [0.1, 0.15) is 12.1 Å². The summed E-state index contributed by atoms with van der Waals surface area (Å²) in [5.41, 5.74) is 2.74. The molecular weight excluding hydrogens is 230 g/mol. The first-order valence-corrected chi connectivity index (χ1v) is 6.04. The SMILES string of the molecule is Cc1noc2ncnc(NCC3=CCNCC3)c12. The lowest BCUT2D eigenvalue weighted by molar-refractivity contribution is 0.442. The molecule has 18 heavy (non-hydrogen) atoms. The zero-order chi connectivity index (χ0) is 12.4. The lowest BCUT2D eigenvalue weighted by Crippen LogP contribution is -2.23. The van der Waals surface area contributed by atoms with Gasteiger partial charge in [0.15, 0.2) is 0 Å². The Labute approximate surface area is 104 Å². The molecule has 0 saturated carbocycles. The molecule has 2 aromatic heterocycles. The molecule has 0 aromatic carbocycles. The molecule has 1 aliphatic rings. The van der Waals surface area contributed by atoms with Crippen LogP contribution in [0.3, 0.4) is 0 Å². The van der Waals surface area contributed by atoms with Gasteiger partial charge < -0.3 is 15.2 Å². The Bertz CT molecular complexity index is 589. The number of aromatic nitrogens is 3. The maximum atomic E-state index is 5.12. The molecule has 1 aliphatic heterocycles. The molecule has 0 amide bonds. The first kappa shape index (κ1) is 11.2. The molecule has 6 heteroatoms. The van der Waals surface area contributed by atoms with E-state index in [1.54, 1.807) is 0 Å². The van der Waals surface area contributed by atoms with Gasteiger partial charge in [0.05, 0.1) is 5.69 Å². The smallest absolute Gasteiger partial charge is 0.263 e. The van der Waals surface area contributed by atoms with Gasteiger partial charge in [-0.15, -0.1) is 0 Å². The highest BCUT2D eigenvalue weighted by molar-refractivity contribution is 5.87. The summed E-state index contributed by atoms with van der Waals surface area (Å²) < 4.78 is 5.12. The molecule has 3 heterocycles. The second-order valence-corrected chi connectivity index (χ2v) is 4.34. The summed E-state index contributed by atoms with van der Waals surface area (Å²) in [6.45, 7) is 4.68. The molecule has 0 fully saturated rings. The zero-order valence-corrected chi connectivity index (χ0v) is 10.2. The van der Waals surface area contributed by atoms with Crippen LogP contribution < -0.4 is 10.6 Å². The third-order valence-electron chi connectivity index (χ3n) is 3.08. The third-order valence-corrected chi connectivity index (χ3v) is 3.08. The van der Waals surface area contributed by atoms with Crippen LogP contribution in [0.5, 0.6) is 0 Å². The predicted octanol–water partition coefficient (Wildman–Crippen LogP) is 1.26. The standard InChI is InChI=1S/C12H15N5O/c1-8-10-11(15-7-16-12(10)18-17-8)14-6-9-2-4-13-5-3-9/h2,7,13H,3-6H2,1H3,(H,14,15,16). The maximum Gasteiger partial charge on any atom is 0.263 e. The molecule has 0 atom stereocenters. The Morgan fingerprint density at radius 2 is 2.39 bits per heavy atom. The summed E-state index contributed by atoms with van der Waals surface area (Å²) in [5, 5.41) is 11.4. The minimum atomic E-state index is 0.532. The van der Waals surface area contributed by atoms with E-state index in [9.17, 15) is 0 Å². The van der Waals surface area contributed by atoms with Gasteiger partial charge in [-0.05, 0) is 19.9 Å². The molecule has 2 aromatic rings. The number of hydrogen-bond donors (Lipinski definition) is 2. The van der Waals surface area contributed by atoms with Gasteiger partial charge in [0.25, 0.3) is 5.71 Å². The van der Waals surface area contributed by atoms with Crippen LogP contribution in [0, 0.1) is 6.92 Å². The van der Waals surface area contributed by atoms with E-state index in [-0.39, 0.29) is 0 Å². The van der Waals surface area contributed by atoms with Crippen molar-refractivity contribution in [1.82, 2.24) is 20.4 Å². The number of nitrogens with one attached hydrogen (secondary N) is 2. The first-order chi connectivity index (χ1) is 8.84. The van der Waals surface area contributed by atoms with E-state index >= 15 is 0 Å². The highest BCUT2D eigenvalue weighted by atomic mass is 16.5. The summed E-state index contributed by atoms with van der Waals surface area (Å²) in [4.78, 5) is 8.31. The summed E-state index contributed by atoms with van der Waals surface area (Å²) >= 11 is 0. The largest absolute Gasteiger partial charge is 0.366 e. The van der Waals surface area contributed by atoms with E-state index < -0.39 is 0 Å². The highest BCUT2D eigenvalue weighted by Gasteiger charge is 2.12. The fourth-order valence-corrected chi connectivity index (χ4v) is 2.08. The molecule has 3 rings (SSSR count). The van der Waals surface area contributed by atoms with Gasteiger partial charge in [-0.25, -0.2) is 4.98 Å². The van der Waals surface area contributed by atoms with Crippen LogP contribution in [0.4, 0.5) is 5.82 Å². The van der Waals surface area contributed by atoms with Gasteiger partial charge in [-0.1, -0.05) is 16.8 Å². The molecule has 0 spiro atoms. The average Bonchev–Trinajstić information content (AvgIpc) is 2.80. The predicted molar refractivity (Wildman–Crippen MR) is 68.4 cm³/mol. The van der Waals surface area contributed by atoms with Gasteiger partial charge >= 0.3 is 0 Å². The Kier molecular flexibility index (Phi) is 2.93. The molecule has 0 aliphatic carbocycles. The second kappa shape index (κ2) is 4.73. The van der Waals surface area contributed by atoms with Gasteiger partial charge in [0, 0.05) is 13.1 Å². The van der Waals surface area contributed by atoms with E-state index in [4.69, 9.17) is 4.52 Å². The van der Waals surface area contributed by atoms with E-state index in [2.05, 4.69) is 31.8 Å². The van der Waals surface area contributed by atoms with E-state index in [1.165, 1.54) is 11.9 Å². The number of rotatable bonds is 3. The Hall–Kier alpha value is -1.95. The Morgan fingerprint density at radius 3 is 3.22 bits per heavy atom. The van der Waals surface area contributed by atoms with Crippen molar-refractivity contribution in [1.29, 1.82) is 0 Å². The third kappa shape index (κ3) is 2.06. The molecule has 2 N–H and O–H groups in total. The molecule has 0 saturated heterocycles. The number of nitrogens with zero attached hydrogens (tertiary/aromatic N) is 3. The fourth-order valence-electron chi connectivity index (χ4n) is 2.08.